The number of carbonyl (C=O) groups is 1. The molecule has 1 amide bonds. The van der Waals surface area contributed by atoms with Gasteiger partial charge in [-0.25, -0.2) is 0 Å². The fourth-order valence-electron chi connectivity index (χ4n) is 3.20. The third-order valence-corrected chi connectivity index (χ3v) is 4.34. The van der Waals surface area contributed by atoms with E-state index in [-0.39, 0.29) is 11.3 Å². The number of aryl methyl sites for hydroxylation is 1. The second-order valence-electron chi connectivity index (χ2n) is 7.17. The van der Waals surface area contributed by atoms with Crippen LogP contribution in [0.1, 0.15) is 37.6 Å². The summed E-state index contributed by atoms with van der Waals surface area (Å²) in [6, 6.07) is 6.57. The van der Waals surface area contributed by atoms with Gasteiger partial charge in [-0.2, -0.15) is 0 Å². The molecule has 1 aromatic carbocycles. The van der Waals surface area contributed by atoms with Crippen LogP contribution in [0.5, 0.6) is 0 Å². The largest absolute Gasteiger partial charge is 0.358 e. The van der Waals surface area contributed by atoms with Crippen molar-refractivity contribution < 1.29 is 4.79 Å². The Labute approximate surface area is 126 Å². The van der Waals surface area contributed by atoms with Gasteiger partial charge in [-0.3, -0.25) is 4.79 Å². The van der Waals surface area contributed by atoms with Crippen LogP contribution in [0.15, 0.2) is 18.2 Å². The number of nitrogens with one attached hydrogen (secondary N) is 1. The molecule has 0 saturated heterocycles. The van der Waals surface area contributed by atoms with E-state index in [9.17, 15) is 4.79 Å². The minimum Gasteiger partial charge on any atom is -0.358 e. The van der Waals surface area contributed by atoms with Crippen LogP contribution in [0.25, 0.3) is 10.9 Å². The van der Waals surface area contributed by atoms with Gasteiger partial charge in [-0.05, 0) is 31.0 Å². The quantitative estimate of drug-likeness (QED) is 0.790. The summed E-state index contributed by atoms with van der Waals surface area (Å²) >= 11 is 0. The minimum absolute atomic E-state index is 0.258. The molecule has 3 heteroatoms. The zero-order valence-electron chi connectivity index (χ0n) is 13.4. The molecular formula is C18H24N2O. The molecule has 3 nitrogen and oxygen atoms in total. The molecule has 0 atom stereocenters. The number of aromatic amines is 1. The van der Waals surface area contributed by atoms with Crippen LogP contribution in [0, 0.1) is 12.3 Å². The third-order valence-electron chi connectivity index (χ3n) is 4.34. The number of benzene rings is 1. The zero-order valence-corrected chi connectivity index (χ0v) is 13.4. The molecule has 0 fully saturated rings. The number of amides is 1. The Kier molecular flexibility index (Phi) is 3.31. The minimum atomic E-state index is -0.295. The maximum absolute atomic E-state index is 12.5. The fourth-order valence-corrected chi connectivity index (χ4v) is 3.20. The molecule has 21 heavy (non-hydrogen) atoms. The first kappa shape index (κ1) is 14.2. The number of fused-ring (bicyclic) bond motifs is 3. The number of hydrogen-bond donors (Lipinski definition) is 1. The monoisotopic (exact) mass is 284 g/mol. The molecule has 112 valence electrons. The number of rotatable bonds is 0. The maximum Gasteiger partial charge on any atom is 0.227 e. The van der Waals surface area contributed by atoms with E-state index >= 15 is 0 Å². The van der Waals surface area contributed by atoms with Crippen molar-refractivity contribution in [3.8, 4) is 0 Å². The van der Waals surface area contributed by atoms with Gasteiger partial charge in [0, 0.05) is 41.5 Å². The SMILES string of the molecule is Cc1ccc2[nH]c3c(c2c1)CCN(C(=O)C(C)(C)C)CC3. The summed E-state index contributed by atoms with van der Waals surface area (Å²) in [5, 5.41) is 1.33. The first-order valence-electron chi connectivity index (χ1n) is 7.76. The van der Waals surface area contributed by atoms with Crippen LogP contribution in [0.4, 0.5) is 0 Å². The summed E-state index contributed by atoms with van der Waals surface area (Å²) in [5.74, 6) is 0.258. The smallest absolute Gasteiger partial charge is 0.227 e. The summed E-state index contributed by atoms with van der Waals surface area (Å²) in [5.41, 5.74) is 4.92. The van der Waals surface area contributed by atoms with Crippen LogP contribution in [-0.4, -0.2) is 28.9 Å². The summed E-state index contributed by atoms with van der Waals surface area (Å²) in [6.45, 7) is 9.76. The Morgan fingerprint density at radius 2 is 1.90 bits per heavy atom. The molecule has 0 saturated carbocycles. The fraction of sp³-hybridized carbons (Fsp3) is 0.500. The van der Waals surface area contributed by atoms with Crippen LogP contribution in [-0.2, 0) is 17.6 Å². The molecule has 0 spiro atoms. The molecule has 1 aliphatic heterocycles. The van der Waals surface area contributed by atoms with Gasteiger partial charge in [0.1, 0.15) is 0 Å². The molecule has 2 aromatic rings. The van der Waals surface area contributed by atoms with Crippen molar-refractivity contribution in [2.45, 2.75) is 40.5 Å². The van der Waals surface area contributed by atoms with E-state index in [4.69, 9.17) is 0 Å². The van der Waals surface area contributed by atoms with Gasteiger partial charge in [0.15, 0.2) is 0 Å². The average Bonchev–Trinajstić information content (AvgIpc) is 2.62. The number of carbonyl (C=O) groups excluding carboxylic acids is 1. The summed E-state index contributed by atoms with van der Waals surface area (Å²) < 4.78 is 0. The van der Waals surface area contributed by atoms with Crippen molar-refractivity contribution in [3.05, 3.63) is 35.0 Å². The van der Waals surface area contributed by atoms with E-state index in [1.54, 1.807) is 0 Å². The van der Waals surface area contributed by atoms with Crippen molar-refractivity contribution in [2.24, 2.45) is 5.41 Å². The number of nitrogens with zero attached hydrogens (tertiary/aromatic N) is 1. The van der Waals surface area contributed by atoms with Crippen molar-refractivity contribution in [1.29, 1.82) is 0 Å². The van der Waals surface area contributed by atoms with E-state index in [1.165, 1.54) is 27.7 Å². The van der Waals surface area contributed by atoms with Crippen LogP contribution in [0.3, 0.4) is 0 Å². The topological polar surface area (TPSA) is 36.1 Å². The van der Waals surface area contributed by atoms with E-state index in [2.05, 4.69) is 30.1 Å². The normalized spacial score (nSPS) is 15.9. The highest BCUT2D eigenvalue weighted by Crippen LogP contribution is 2.28. The second kappa shape index (κ2) is 4.90. The molecule has 0 aliphatic carbocycles. The Hall–Kier alpha value is -1.77. The number of hydrogen-bond acceptors (Lipinski definition) is 1. The molecule has 1 aromatic heterocycles. The average molecular weight is 284 g/mol. The summed E-state index contributed by atoms with van der Waals surface area (Å²) in [4.78, 5) is 18.0. The Bertz CT molecular complexity index is 691. The molecule has 1 aliphatic rings. The number of aromatic nitrogens is 1. The lowest BCUT2D eigenvalue weighted by Gasteiger charge is -2.28. The molecule has 0 radical (unpaired) electrons. The van der Waals surface area contributed by atoms with Gasteiger partial charge in [-0.15, -0.1) is 0 Å². The van der Waals surface area contributed by atoms with Crippen LogP contribution >= 0.6 is 0 Å². The van der Waals surface area contributed by atoms with Gasteiger partial charge in [0.05, 0.1) is 0 Å². The van der Waals surface area contributed by atoms with Crippen molar-refractivity contribution in [1.82, 2.24) is 9.88 Å². The third kappa shape index (κ3) is 2.57. The van der Waals surface area contributed by atoms with Crippen molar-refractivity contribution in [3.63, 3.8) is 0 Å². The highest BCUT2D eigenvalue weighted by atomic mass is 16.2. The van der Waals surface area contributed by atoms with Gasteiger partial charge < -0.3 is 9.88 Å². The van der Waals surface area contributed by atoms with Crippen LogP contribution < -0.4 is 0 Å². The van der Waals surface area contributed by atoms with Crippen LogP contribution in [0.2, 0.25) is 0 Å². The van der Waals surface area contributed by atoms with E-state index in [0.29, 0.717) is 0 Å². The Morgan fingerprint density at radius 3 is 2.62 bits per heavy atom. The molecule has 0 bridgehead atoms. The highest BCUT2D eigenvalue weighted by Gasteiger charge is 2.29. The molecule has 3 rings (SSSR count). The van der Waals surface area contributed by atoms with Gasteiger partial charge >= 0.3 is 0 Å². The predicted octanol–water partition coefficient (Wildman–Crippen LogP) is 3.45. The Morgan fingerprint density at radius 1 is 1.19 bits per heavy atom. The lowest BCUT2D eigenvalue weighted by molar-refractivity contribution is -0.139. The van der Waals surface area contributed by atoms with Gasteiger partial charge in [0.2, 0.25) is 5.91 Å². The molecular weight excluding hydrogens is 260 g/mol. The second-order valence-corrected chi connectivity index (χ2v) is 7.17. The van der Waals surface area contributed by atoms with E-state index in [1.807, 2.05) is 25.7 Å². The van der Waals surface area contributed by atoms with E-state index in [0.717, 1.165) is 25.9 Å². The standard InChI is InChI=1S/C18H24N2O/c1-12-5-6-15-14(11-12)13-7-9-20(10-8-16(13)19-15)17(21)18(2,3)4/h5-6,11,19H,7-10H2,1-4H3. The number of H-pyrrole nitrogens is 1. The lowest BCUT2D eigenvalue weighted by Crippen LogP contribution is -2.40. The van der Waals surface area contributed by atoms with Crippen molar-refractivity contribution in [2.75, 3.05) is 13.1 Å². The predicted molar refractivity (Wildman–Crippen MR) is 86.5 cm³/mol. The summed E-state index contributed by atoms with van der Waals surface area (Å²) in [7, 11) is 0. The van der Waals surface area contributed by atoms with Gasteiger partial charge in [-0.1, -0.05) is 32.4 Å². The summed E-state index contributed by atoms with van der Waals surface area (Å²) in [6.07, 6.45) is 1.87. The zero-order chi connectivity index (χ0) is 15.2. The van der Waals surface area contributed by atoms with Crippen molar-refractivity contribution >= 4 is 16.8 Å². The molecule has 0 unspecified atom stereocenters. The Balaban J connectivity index is 1.90. The first-order chi connectivity index (χ1) is 9.86. The highest BCUT2D eigenvalue weighted by molar-refractivity contribution is 5.86. The molecule has 1 N–H and O–H groups in total. The van der Waals surface area contributed by atoms with Gasteiger partial charge in [0.25, 0.3) is 0 Å². The van der Waals surface area contributed by atoms with E-state index < -0.39 is 0 Å². The maximum atomic E-state index is 12.5. The first-order valence-corrected chi connectivity index (χ1v) is 7.76. The lowest BCUT2D eigenvalue weighted by atomic mass is 9.94. The molecule has 2 heterocycles.